The molecule has 2 aromatic rings. The summed E-state index contributed by atoms with van der Waals surface area (Å²) in [6.07, 6.45) is 0.380. The van der Waals surface area contributed by atoms with Crippen molar-refractivity contribution in [3.63, 3.8) is 0 Å². The van der Waals surface area contributed by atoms with Crippen molar-refractivity contribution >= 4 is 29.0 Å². The average Bonchev–Trinajstić information content (AvgIpc) is 2.35. The van der Waals surface area contributed by atoms with Gasteiger partial charge in [-0.15, -0.1) is 0 Å². The first-order valence-electron chi connectivity index (χ1n) is 5.60. The molecule has 0 bridgehead atoms. The van der Waals surface area contributed by atoms with Crippen LogP contribution in [0.3, 0.4) is 0 Å². The van der Waals surface area contributed by atoms with E-state index in [-0.39, 0.29) is 5.78 Å². The van der Waals surface area contributed by atoms with E-state index in [1.807, 2.05) is 31.2 Å². The van der Waals surface area contributed by atoms with Gasteiger partial charge in [-0.2, -0.15) is 0 Å². The van der Waals surface area contributed by atoms with E-state index < -0.39 is 0 Å². The maximum absolute atomic E-state index is 12.1. The smallest absolute Gasteiger partial charge is 0.167 e. The lowest BCUT2D eigenvalue weighted by atomic mass is 10.00. The molecule has 0 aliphatic rings. The zero-order chi connectivity index (χ0) is 13.1. The van der Waals surface area contributed by atoms with Gasteiger partial charge in [0.2, 0.25) is 0 Å². The molecule has 0 unspecified atom stereocenters. The van der Waals surface area contributed by atoms with Crippen LogP contribution >= 0.6 is 23.2 Å². The first-order chi connectivity index (χ1) is 8.58. The second kappa shape index (κ2) is 5.55. The molecule has 1 nitrogen and oxygen atoms in total. The lowest BCUT2D eigenvalue weighted by molar-refractivity contribution is 0.0993. The Kier molecular flexibility index (Phi) is 4.05. The highest BCUT2D eigenvalue weighted by molar-refractivity contribution is 6.42. The molecular weight excluding hydrogens is 267 g/mol. The van der Waals surface area contributed by atoms with Crippen molar-refractivity contribution in [1.82, 2.24) is 0 Å². The number of aryl methyl sites for hydroxylation is 1. The summed E-state index contributed by atoms with van der Waals surface area (Å²) in [5.74, 6) is 0.0443. The van der Waals surface area contributed by atoms with Crippen LogP contribution in [0.15, 0.2) is 42.5 Å². The van der Waals surface area contributed by atoms with Crippen molar-refractivity contribution in [3.05, 3.63) is 69.2 Å². The summed E-state index contributed by atoms with van der Waals surface area (Å²) in [6, 6.07) is 12.8. The first kappa shape index (κ1) is 13.1. The standard InChI is InChI=1S/C15H12Cl2O/c1-10-4-2-3-5-11(10)9-15(18)12-6-7-13(16)14(17)8-12/h2-8H,9H2,1H3. The third-order valence-corrected chi connectivity index (χ3v) is 3.59. The Morgan fingerprint density at radius 3 is 2.44 bits per heavy atom. The molecule has 0 spiro atoms. The molecule has 2 aromatic carbocycles. The zero-order valence-electron chi connectivity index (χ0n) is 9.91. The highest BCUT2D eigenvalue weighted by atomic mass is 35.5. The second-order valence-corrected chi connectivity index (χ2v) is 4.97. The number of halogens is 2. The van der Waals surface area contributed by atoms with Crippen LogP contribution in [-0.2, 0) is 6.42 Å². The maximum atomic E-state index is 12.1. The molecule has 18 heavy (non-hydrogen) atoms. The molecule has 92 valence electrons. The van der Waals surface area contributed by atoms with Gasteiger partial charge in [-0.3, -0.25) is 4.79 Å². The van der Waals surface area contributed by atoms with E-state index in [1.165, 1.54) is 0 Å². The minimum Gasteiger partial charge on any atom is -0.294 e. The summed E-state index contributed by atoms with van der Waals surface area (Å²) in [6.45, 7) is 2.00. The van der Waals surface area contributed by atoms with Crippen LogP contribution in [0, 0.1) is 6.92 Å². The first-order valence-corrected chi connectivity index (χ1v) is 6.36. The number of carbonyl (C=O) groups excluding carboxylic acids is 1. The number of hydrogen-bond donors (Lipinski definition) is 0. The van der Waals surface area contributed by atoms with E-state index >= 15 is 0 Å². The summed E-state index contributed by atoms with van der Waals surface area (Å²) in [7, 11) is 0. The SMILES string of the molecule is Cc1ccccc1CC(=O)c1ccc(Cl)c(Cl)c1. The van der Waals surface area contributed by atoms with Crippen LogP contribution in [0.5, 0.6) is 0 Å². The Balaban J connectivity index is 2.22. The van der Waals surface area contributed by atoms with Gasteiger partial charge in [-0.05, 0) is 36.2 Å². The number of rotatable bonds is 3. The normalized spacial score (nSPS) is 10.4. The van der Waals surface area contributed by atoms with Gasteiger partial charge in [0.1, 0.15) is 0 Å². The van der Waals surface area contributed by atoms with Crippen molar-refractivity contribution in [3.8, 4) is 0 Å². The predicted octanol–water partition coefficient (Wildman–Crippen LogP) is 4.73. The van der Waals surface area contributed by atoms with Gasteiger partial charge in [0, 0.05) is 12.0 Å². The average molecular weight is 279 g/mol. The number of hydrogen-bond acceptors (Lipinski definition) is 1. The summed E-state index contributed by atoms with van der Waals surface area (Å²) >= 11 is 11.7. The molecule has 0 aromatic heterocycles. The van der Waals surface area contributed by atoms with Gasteiger partial charge < -0.3 is 0 Å². The number of benzene rings is 2. The van der Waals surface area contributed by atoms with E-state index in [4.69, 9.17) is 23.2 Å². The van der Waals surface area contributed by atoms with Crippen molar-refractivity contribution in [1.29, 1.82) is 0 Å². The van der Waals surface area contributed by atoms with Gasteiger partial charge in [0.25, 0.3) is 0 Å². The fraction of sp³-hybridized carbons (Fsp3) is 0.133. The van der Waals surface area contributed by atoms with Crippen LogP contribution < -0.4 is 0 Å². The van der Waals surface area contributed by atoms with E-state index in [2.05, 4.69) is 0 Å². The Hall–Kier alpha value is -1.31. The molecule has 0 atom stereocenters. The molecule has 2 rings (SSSR count). The molecule has 0 amide bonds. The van der Waals surface area contributed by atoms with Gasteiger partial charge in [0.05, 0.1) is 10.0 Å². The van der Waals surface area contributed by atoms with E-state index in [1.54, 1.807) is 18.2 Å². The largest absolute Gasteiger partial charge is 0.294 e. The number of ketones is 1. The summed E-state index contributed by atoms with van der Waals surface area (Å²) in [5, 5.41) is 0.872. The summed E-state index contributed by atoms with van der Waals surface area (Å²) < 4.78 is 0. The van der Waals surface area contributed by atoms with Gasteiger partial charge in [-0.1, -0.05) is 47.5 Å². The van der Waals surface area contributed by atoms with Crippen LogP contribution in [0.2, 0.25) is 10.0 Å². The third kappa shape index (κ3) is 2.92. The van der Waals surface area contributed by atoms with Crippen LogP contribution in [0.25, 0.3) is 0 Å². The van der Waals surface area contributed by atoms with Crippen LogP contribution in [0.1, 0.15) is 21.5 Å². The van der Waals surface area contributed by atoms with E-state index in [0.29, 0.717) is 22.0 Å². The highest BCUT2D eigenvalue weighted by Gasteiger charge is 2.10. The van der Waals surface area contributed by atoms with Gasteiger partial charge in [-0.25, -0.2) is 0 Å². The lowest BCUT2D eigenvalue weighted by Crippen LogP contribution is -2.04. The van der Waals surface area contributed by atoms with Crippen molar-refractivity contribution in [2.45, 2.75) is 13.3 Å². The van der Waals surface area contributed by atoms with Crippen molar-refractivity contribution < 1.29 is 4.79 Å². The molecule has 0 saturated heterocycles. The molecule has 0 aliphatic carbocycles. The van der Waals surface area contributed by atoms with Gasteiger partial charge >= 0.3 is 0 Å². The Labute approximate surface area is 116 Å². The molecule has 0 heterocycles. The molecule has 0 radical (unpaired) electrons. The third-order valence-electron chi connectivity index (χ3n) is 2.85. The Morgan fingerprint density at radius 1 is 1.06 bits per heavy atom. The fourth-order valence-corrected chi connectivity index (χ4v) is 2.05. The Morgan fingerprint density at radius 2 is 1.78 bits per heavy atom. The number of Topliss-reactive ketones (excluding diaryl/α,β-unsaturated/α-hetero) is 1. The van der Waals surface area contributed by atoms with Crippen molar-refractivity contribution in [2.24, 2.45) is 0 Å². The van der Waals surface area contributed by atoms with E-state index in [9.17, 15) is 4.79 Å². The Bertz CT molecular complexity index is 591. The van der Waals surface area contributed by atoms with Crippen LogP contribution in [0.4, 0.5) is 0 Å². The molecular formula is C15H12Cl2O. The summed E-state index contributed by atoms with van der Waals surface area (Å²) in [4.78, 5) is 12.1. The fourth-order valence-electron chi connectivity index (χ4n) is 1.75. The zero-order valence-corrected chi connectivity index (χ0v) is 11.4. The van der Waals surface area contributed by atoms with E-state index in [0.717, 1.165) is 11.1 Å². The molecule has 0 N–H and O–H groups in total. The van der Waals surface area contributed by atoms with Gasteiger partial charge in [0.15, 0.2) is 5.78 Å². The molecule has 0 fully saturated rings. The topological polar surface area (TPSA) is 17.1 Å². The monoisotopic (exact) mass is 278 g/mol. The molecule has 3 heteroatoms. The predicted molar refractivity (Wildman–Crippen MR) is 75.7 cm³/mol. The quantitative estimate of drug-likeness (QED) is 0.742. The minimum atomic E-state index is 0.0443. The lowest BCUT2D eigenvalue weighted by Gasteiger charge is -2.05. The second-order valence-electron chi connectivity index (χ2n) is 4.16. The summed E-state index contributed by atoms with van der Waals surface area (Å²) in [5.41, 5.74) is 2.74. The molecule has 0 saturated carbocycles. The highest BCUT2D eigenvalue weighted by Crippen LogP contribution is 2.23. The number of carbonyl (C=O) groups is 1. The maximum Gasteiger partial charge on any atom is 0.167 e. The van der Waals surface area contributed by atoms with Crippen molar-refractivity contribution in [2.75, 3.05) is 0 Å². The molecule has 0 aliphatic heterocycles. The minimum absolute atomic E-state index is 0.0443. The van der Waals surface area contributed by atoms with Crippen LogP contribution in [-0.4, -0.2) is 5.78 Å².